The third-order valence-electron chi connectivity index (χ3n) is 2.24. The largest absolute Gasteiger partial charge is 0.263 e. The zero-order valence-corrected chi connectivity index (χ0v) is 12.2. The van der Waals surface area contributed by atoms with Crippen molar-refractivity contribution >= 4 is 37.8 Å². The van der Waals surface area contributed by atoms with E-state index in [-0.39, 0.29) is 5.82 Å². The van der Waals surface area contributed by atoms with E-state index < -0.39 is 10.0 Å². The lowest BCUT2D eigenvalue weighted by Crippen LogP contribution is -2.10. The summed E-state index contributed by atoms with van der Waals surface area (Å²) in [4.78, 5) is 3.95. The van der Waals surface area contributed by atoms with Gasteiger partial charge in [0.05, 0.1) is 9.88 Å². The molecule has 0 saturated carbocycles. The minimum atomic E-state index is -3.58. The van der Waals surface area contributed by atoms with Gasteiger partial charge in [0.15, 0.2) is 5.82 Å². The molecule has 0 aliphatic heterocycles. The zero-order valence-electron chi connectivity index (χ0n) is 9.82. The Balaban J connectivity index is 2.16. The monoisotopic (exact) mass is 338 g/mol. The Morgan fingerprint density at radius 1 is 1.11 bits per heavy atom. The van der Waals surface area contributed by atoms with Crippen LogP contribution in [0, 0.1) is 0 Å². The molecule has 19 heavy (non-hydrogen) atoms. The van der Waals surface area contributed by atoms with E-state index in [1.54, 1.807) is 12.1 Å². The van der Waals surface area contributed by atoms with E-state index in [4.69, 9.17) is 0 Å². The van der Waals surface area contributed by atoms with Crippen LogP contribution in [0.2, 0.25) is 0 Å². The third-order valence-corrected chi connectivity index (χ3v) is 3.85. The molecule has 4 nitrogen and oxygen atoms in total. The molecule has 0 aliphatic carbocycles. The van der Waals surface area contributed by atoms with Crippen molar-refractivity contribution in [2.75, 3.05) is 4.72 Å². The number of rotatable bonds is 4. The highest BCUT2D eigenvalue weighted by atomic mass is 79.9. The average Bonchev–Trinajstić information content (AvgIpc) is 2.40. The number of halogens is 1. The smallest absolute Gasteiger partial charge is 0.256 e. The maximum Gasteiger partial charge on any atom is 0.256 e. The molecule has 0 atom stereocenters. The summed E-state index contributed by atoms with van der Waals surface area (Å²) in [5.74, 6) is 0.264. The fourth-order valence-corrected chi connectivity index (χ4v) is 2.68. The molecule has 2 rings (SSSR count). The summed E-state index contributed by atoms with van der Waals surface area (Å²) in [7, 11) is -3.58. The van der Waals surface area contributed by atoms with E-state index in [9.17, 15) is 8.42 Å². The van der Waals surface area contributed by atoms with Gasteiger partial charge in [0.25, 0.3) is 10.0 Å². The molecule has 6 heteroatoms. The summed E-state index contributed by atoms with van der Waals surface area (Å²) in [6.45, 7) is 0. The lowest BCUT2D eigenvalue weighted by Gasteiger charge is -2.04. The number of anilines is 1. The van der Waals surface area contributed by atoms with Crippen LogP contribution in [0.5, 0.6) is 0 Å². The SMILES string of the molecule is O=S(=O)(C=Cc1ccccc1)Nc1ncccc1Br. The zero-order chi connectivity index (χ0) is 13.7. The Kier molecular flexibility index (Phi) is 4.34. The molecule has 2 aromatic rings. The van der Waals surface area contributed by atoms with Gasteiger partial charge in [-0.2, -0.15) is 0 Å². The van der Waals surface area contributed by atoms with Crippen LogP contribution in [0.4, 0.5) is 5.82 Å². The molecule has 0 saturated heterocycles. The molecule has 0 spiro atoms. The lowest BCUT2D eigenvalue weighted by atomic mass is 10.2. The van der Waals surface area contributed by atoms with Gasteiger partial charge >= 0.3 is 0 Å². The Labute approximate surface area is 120 Å². The molecule has 1 heterocycles. The Morgan fingerprint density at radius 3 is 2.53 bits per heavy atom. The standard InChI is InChI=1S/C13H11BrN2O2S/c14-12-7-4-9-15-13(12)16-19(17,18)10-8-11-5-2-1-3-6-11/h1-10H,(H,15,16). The molecular weight excluding hydrogens is 328 g/mol. The minimum Gasteiger partial charge on any atom is -0.263 e. The highest BCUT2D eigenvalue weighted by Crippen LogP contribution is 2.19. The number of sulfonamides is 1. The van der Waals surface area contributed by atoms with E-state index in [0.717, 1.165) is 11.0 Å². The van der Waals surface area contributed by atoms with Gasteiger partial charge in [-0.3, -0.25) is 4.72 Å². The molecule has 1 aromatic carbocycles. The first-order valence-corrected chi connectivity index (χ1v) is 7.77. The fourth-order valence-electron chi connectivity index (χ4n) is 1.36. The predicted molar refractivity (Wildman–Crippen MR) is 80.0 cm³/mol. The predicted octanol–water partition coefficient (Wildman–Crippen LogP) is 3.26. The van der Waals surface area contributed by atoms with Crippen LogP contribution in [0.1, 0.15) is 5.56 Å². The van der Waals surface area contributed by atoms with Crippen molar-refractivity contribution in [3.05, 3.63) is 64.1 Å². The van der Waals surface area contributed by atoms with Crippen LogP contribution in [0.25, 0.3) is 6.08 Å². The number of pyridine rings is 1. The Bertz CT molecular complexity index is 685. The summed E-state index contributed by atoms with van der Waals surface area (Å²) in [6, 6.07) is 12.6. The van der Waals surface area contributed by atoms with Crippen molar-refractivity contribution in [3.8, 4) is 0 Å². The second kappa shape index (κ2) is 5.99. The van der Waals surface area contributed by atoms with Gasteiger partial charge in [-0.25, -0.2) is 13.4 Å². The van der Waals surface area contributed by atoms with Crippen molar-refractivity contribution in [3.63, 3.8) is 0 Å². The highest BCUT2D eigenvalue weighted by Gasteiger charge is 2.08. The second-order valence-electron chi connectivity index (χ2n) is 3.69. The molecule has 0 unspecified atom stereocenters. The van der Waals surface area contributed by atoms with Gasteiger partial charge in [-0.15, -0.1) is 0 Å². The van der Waals surface area contributed by atoms with Crippen molar-refractivity contribution in [1.29, 1.82) is 0 Å². The number of benzene rings is 1. The molecule has 0 amide bonds. The highest BCUT2D eigenvalue weighted by molar-refractivity contribution is 9.10. The van der Waals surface area contributed by atoms with Gasteiger partial charge in [-0.1, -0.05) is 30.3 Å². The number of nitrogens with one attached hydrogen (secondary N) is 1. The van der Waals surface area contributed by atoms with Gasteiger partial charge in [0.1, 0.15) is 0 Å². The maximum atomic E-state index is 11.9. The lowest BCUT2D eigenvalue weighted by molar-refractivity contribution is 0.609. The normalized spacial score (nSPS) is 11.6. The first-order chi connectivity index (χ1) is 9.07. The fraction of sp³-hybridized carbons (Fsp3) is 0. The number of nitrogens with zero attached hydrogens (tertiary/aromatic N) is 1. The summed E-state index contributed by atoms with van der Waals surface area (Å²) in [5.41, 5.74) is 0.813. The van der Waals surface area contributed by atoms with E-state index in [1.165, 1.54) is 12.3 Å². The maximum absolute atomic E-state index is 11.9. The van der Waals surface area contributed by atoms with Gasteiger partial charge in [-0.05, 0) is 39.7 Å². The Morgan fingerprint density at radius 2 is 1.84 bits per heavy atom. The first-order valence-electron chi connectivity index (χ1n) is 5.43. The van der Waals surface area contributed by atoms with Crippen LogP contribution in [-0.2, 0) is 10.0 Å². The number of hydrogen-bond acceptors (Lipinski definition) is 3. The van der Waals surface area contributed by atoms with Crippen molar-refractivity contribution in [2.45, 2.75) is 0 Å². The van der Waals surface area contributed by atoms with E-state index in [2.05, 4.69) is 25.6 Å². The quantitative estimate of drug-likeness (QED) is 0.930. The number of aromatic nitrogens is 1. The summed E-state index contributed by atoms with van der Waals surface area (Å²) in [6.07, 6.45) is 3.04. The van der Waals surface area contributed by atoms with Crippen LogP contribution in [-0.4, -0.2) is 13.4 Å². The van der Waals surface area contributed by atoms with Gasteiger partial charge in [0, 0.05) is 6.20 Å². The third kappa shape index (κ3) is 4.18. The minimum absolute atomic E-state index is 0.264. The molecule has 1 N–H and O–H groups in total. The van der Waals surface area contributed by atoms with Crippen LogP contribution >= 0.6 is 15.9 Å². The van der Waals surface area contributed by atoms with E-state index in [0.29, 0.717) is 4.47 Å². The van der Waals surface area contributed by atoms with Crippen LogP contribution in [0.3, 0.4) is 0 Å². The van der Waals surface area contributed by atoms with Crippen molar-refractivity contribution in [1.82, 2.24) is 4.98 Å². The average molecular weight is 339 g/mol. The molecule has 0 radical (unpaired) electrons. The van der Waals surface area contributed by atoms with Crippen LogP contribution < -0.4 is 4.72 Å². The topological polar surface area (TPSA) is 59.1 Å². The molecule has 98 valence electrons. The first kappa shape index (κ1) is 13.8. The summed E-state index contributed by atoms with van der Waals surface area (Å²) < 4.78 is 26.7. The summed E-state index contributed by atoms with van der Waals surface area (Å²) in [5, 5.41) is 1.11. The van der Waals surface area contributed by atoms with Crippen molar-refractivity contribution < 1.29 is 8.42 Å². The molecule has 0 fully saturated rings. The van der Waals surface area contributed by atoms with E-state index in [1.807, 2.05) is 30.3 Å². The Hall–Kier alpha value is -1.66. The van der Waals surface area contributed by atoms with Gasteiger partial charge in [0.2, 0.25) is 0 Å². The van der Waals surface area contributed by atoms with Crippen LogP contribution in [0.15, 0.2) is 58.5 Å². The summed E-state index contributed by atoms with van der Waals surface area (Å²) >= 11 is 3.23. The van der Waals surface area contributed by atoms with Crippen molar-refractivity contribution in [2.24, 2.45) is 0 Å². The van der Waals surface area contributed by atoms with Gasteiger partial charge < -0.3 is 0 Å². The molecule has 0 bridgehead atoms. The molecular formula is C13H11BrN2O2S. The molecule has 1 aromatic heterocycles. The second-order valence-corrected chi connectivity index (χ2v) is 6.11. The molecule has 0 aliphatic rings. The van der Waals surface area contributed by atoms with E-state index >= 15 is 0 Å². The number of hydrogen-bond donors (Lipinski definition) is 1.